The number of piperazine rings is 1. The number of anilines is 1. The summed E-state index contributed by atoms with van der Waals surface area (Å²) in [5, 5.41) is 3.29. The second-order valence-corrected chi connectivity index (χ2v) is 9.27. The van der Waals surface area contributed by atoms with Gasteiger partial charge in [-0.05, 0) is 88.4 Å². The van der Waals surface area contributed by atoms with E-state index in [-0.39, 0.29) is 5.91 Å². The van der Waals surface area contributed by atoms with Crippen molar-refractivity contribution in [3.8, 4) is 0 Å². The molecule has 2 fully saturated rings. The molecule has 1 saturated carbocycles. The average molecular weight is 396 g/mol. The molecule has 4 rings (SSSR count). The molecule has 0 radical (unpaired) electrons. The van der Waals surface area contributed by atoms with Crippen LogP contribution in [-0.4, -0.2) is 49.6 Å². The SMILES string of the molecule is Cc1cccc(N2CCN(CC[C@H]3CC[C@H](NC(=O)C4=CCCC4)CC3)CC2)c1. The van der Waals surface area contributed by atoms with Gasteiger partial charge in [-0.3, -0.25) is 9.69 Å². The number of amides is 1. The highest BCUT2D eigenvalue weighted by molar-refractivity contribution is 5.93. The van der Waals surface area contributed by atoms with Gasteiger partial charge >= 0.3 is 0 Å². The van der Waals surface area contributed by atoms with E-state index < -0.39 is 0 Å². The number of allylic oxidation sites excluding steroid dienone is 1. The maximum Gasteiger partial charge on any atom is 0.247 e. The third-order valence-corrected chi connectivity index (χ3v) is 7.11. The summed E-state index contributed by atoms with van der Waals surface area (Å²) in [6.07, 6.45) is 11.5. The first-order chi connectivity index (χ1) is 14.2. The second kappa shape index (κ2) is 9.80. The van der Waals surface area contributed by atoms with Crippen molar-refractivity contribution in [2.75, 3.05) is 37.6 Å². The Labute approximate surface area is 176 Å². The van der Waals surface area contributed by atoms with E-state index >= 15 is 0 Å². The van der Waals surface area contributed by atoms with Crippen molar-refractivity contribution >= 4 is 11.6 Å². The first kappa shape index (κ1) is 20.5. The Morgan fingerprint density at radius 3 is 2.59 bits per heavy atom. The van der Waals surface area contributed by atoms with Gasteiger partial charge in [-0.1, -0.05) is 18.2 Å². The van der Waals surface area contributed by atoms with Crippen molar-refractivity contribution in [3.05, 3.63) is 41.5 Å². The number of rotatable bonds is 6. The minimum absolute atomic E-state index is 0.206. The molecule has 0 unspecified atom stereocenters. The lowest BCUT2D eigenvalue weighted by atomic mass is 9.84. The van der Waals surface area contributed by atoms with Crippen molar-refractivity contribution in [1.29, 1.82) is 0 Å². The van der Waals surface area contributed by atoms with Gasteiger partial charge in [-0.25, -0.2) is 0 Å². The fourth-order valence-electron chi connectivity index (χ4n) is 5.17. The monoisotopic (exact) mass is 395 g/mol. The summed E-state index contributed by atoms with van der Waals surface area (Å²) in [4.78, 5) is 17.5. The minimum Gasteiger partial charge on any atom is -0.369 e. The average Bonchev–Trinajstić information content (AvgIpc) is 3.29. The first-order valence-electron chi connectivity index (χ1n) is 11.7. The van der Waals surface area contributed by atoms with Crippen LogP contribution in [0.2, 0.25) is 0 Å². The quantitative estimate of drug-likeness (QED) is 0.780. The molecule has 1 N–H and O–H groups in total. The van der Waals surface area contributed by atoms with Gasteiger partial charge in [0.15, 0.2) is 0 Å². The Morgan fingerprint density at radius 1 is 1.10 bits per heavy atom. The van der Waals surface area contributed by atoms with Crippen molar-refractivity contribution in [2.24, 2.45) is 5.92 Å². The van der Waals surface area contributed by atoms with Crippen LogP contribution in [0.25, 0.3) is 0 Å². The van der Waals surface area contributed by atoms with E-state index in [4.69, 9.17) is 0 Å². The largest absolute Gasteiger partial charge is 0.369 e. The Balaban J connectivity index is 1.13. The van der Waals surface area contributed by atoms with E-state index in [9.17, 15) is 4.79 Å². The van der Waals surface area contributed by atoms with E-state index in [1.807, 2.05) is 0 Å². The number of nitrogens with zero attached hydrogens (tertiary/aromatic N) is 2. The highest BCUT2D eigenvalue weighted by Gasteiger charge is 2.25. The molecule has 29 heavy (non-hydrogen) atoms. The third kappa shape index (κ3) is 5.63. The van der Waals surface area contributed by atoms with Gasteiger partial charge in [0, 0.05) is 43.5 Å². The fraction of sp³-hybridized carbons (Fsp3) is 0.640. The molecule has 0 aromatic heterocycles. The molecule has 1 amide bonds. The molecule has 1 aliphatic heterocycles. The molecule has 2 aliphatic carbocycles. The molecular weight excluding hydrogens is 358 g/mol. The number of carbonyl (C=O) groups is 1. The van der Waals surface area contributed by atoms with Gasteiger partial charge in [0.2, 0.25) is 5.91 Å². The summed E-state index contributed by atoms with van der Waals surface area (Å²) >= 11 is 0. The fourth-order valence-corrected chi connectivity index (χ4v) is 5.17. The zero-order chi connectivity index (χ0) is 20.1. The van der Waals surface area contributed by atoms with Crippen LogP contribution in [0.4, 0.5) is 5.69 Å². The van der Waals surface area contributed by atoms with Gasteiger partial charge < -0.3 is 10.2 Å². The Hall–Kier alpha value is -1.81. The van der Waals surface area contributed by atoms with Gasteiger partial charge in [0.25, 0.3) is 0 Å². The molecule has 4 heteroatoms. The Bertz CT molecular complexity index is 713. The van der Waals surface area contributed by atoms with E-state index in [0.29, 0.717) is 6.04 Å². The van der Waals surface area contributed by atoms with Crippen LogP contribution in [0.5, 0.6) is 0 Å². The van der Waals surface area contributed by atoms with Crippen LogP contribution >= 0.6 is 0 Å². The van der Waals surface area contributed by atoms with Crippen LogP contribution < -0.4 is 10.2 Å². The van der Waals surface area contributed by atoms with E-state index in [1.54, 1.807) is 0 Å². The highest BCUT2D eigenvalue weighted by Crippen LogP contribution is 2.28. The summed E-state index contributed by atoms with van der Waals surface area (Å²) in [5.74, 6) is 1.04. The van der Waals surface area contributed by atoms with E-state index in [1.165, 1.54) is 50.1 Å². The topological polar surface area (TPSA) is 35.6 Å². The highest BCUT2D eigenvalue weighted by atomic mass is 16.1. The van der Waals surface area contributed by atoms with Gasteiger partial charge in [0.1, 0.15) is 0 Å². The van der Waals surface area contributed by atoms with Crippen molar-refractivity contribution < 1.29 is 4.79 Å². The first-order valence-corrected chi connectivity index (χ1v) is 11.7. The van der Waals surface area contributed by atoms with Gasteiger partial charge in [0.05, 0.1) is 0 Å². The van der Waals surface area contributed by atoms with Crippen molar-refractivity contribution in [3.63, 3.8) is 0 Å². The molecule has 1 aromatic carbocycles. The lowest BCUT2D eigenvalue weighted by Gasteiger charge is -2.37. The lowest BCUT2D eigenvalue weighted by molar-refractivity contribution is -0.118. The molecule has 0 atom stereocenters. The van der Waals surface area contributed by atoms with Crippen LogP contribution in [-0.2, 0) is 4.79 Å². The number of nitrogens with one attached hydrogen (secondary N) is 1. The Kier molecular flexibility index (Phi) is 6.91. The standard InChI is InChI=1S/C25H37N3O/c1-20-5-4-8-24(19-20)28-17-15-27(16-18-28)14-13-21-9-11-23(12-10-21)26-25(29)22-6-2-3-7-22/h4-6,8,19,21,23H,2-3,7,9-18H2,1H3,(H,26,29)/t21-,23-. The molecule has 158 valence electrons. The number of carbonyl (C=O) groups excluding carboxylic acids is 1. The predicted octanol–water partition coefficient (Wildman–Crippen LogP) is 4.29. The molecule has 0 bridgehead atoms. The number of benzene rings is 1. The number of hydrogen-bond acceptors (Lipinski definition) is 3. The molecule has 3 aliphatic rings. The molecular formula is C25H37N3O. The summed E-state index contributed by atoms with van der Waals surface area (Å²) in [5.41, 5.74) is 3.74. The zero-order valence-electron chi connectivity index (χ0n) is 18.0. The molecule has 1 aromatic rings. The van der Waals surface area contributed by atoms with Crippen molar-refractivity contribution in [2.45, 2.75) is 64.3 Å². The maximum atomic E-state index is 12.3. The second-order valence-electron chi connectivity index (χ2n) is 9.27. The molecule has 1 saturated heterocycles. The maximum absolute atomic E-state index is 12.3. The summed E-state index contributed by atoms with van der Waals surface area (Å²) in [7, 11) is 0. The van der Waals surface area contributed by atoms with Crippen molar-refractivity contribution in [1.82, 2.24) is 10.2 Å². The van der Waals surface area contributed by atoms with Crippen LogP contribution in [0.3, 0.4) is 0 Å². The zero-order valence-corrected chi connectivity index (χ0v) is 18.0. The smallest absolute Gasteiger partial charge is 0.247 e. The van der Waals surface area contributed by atoms with E-state index in [0.717, 1.165) is 56.7 Å². The van der Waals surface area contributed by atoms with Gasteiger partial charge in [-0.15, -0.1) is 0 Å². The summed E-state index contributed by atoms with van der Waals surface area (Å²) in [6.45, 7) is 8.03. The summed E-state index contributed by atoms with van der Waals surface area (Å²) < 4.78 is 0. The van der Waals surface area contributed by atoms with Crippen LogP contribution in [0.1, 0.15) is 56.9 Å². The normalized spacial score (nSPS) is 25.7. The van der Waals surface area contributed by atoms with Gasteiger partial charge in [-0.2, -0.15) is 0 Å². The Morgan fingerprint density at radius 2 is 1.90 bits per heavy atom. The number of hydrogen-bond donors (Lipinski definition) is 1. The predicted molar refractivity (Wildman–Crippen MR) is 120 cm³/mol. The minimum atomic E-state index is 0.206. The van der Waals surface area contributed by atoms with Crippen LogP contribution in [0, 0.1) is 12.8 Å². The van der Waals surface area contributed by atoms with E-state index in [2.05, 4.69) is 52.4 Å². The lowest BCUT2D eigenvalue weighted by Crippen LogP contribution is -2.47. The van der Waals surface area contributed by atoms with Crippen LogP contribution in [0.15, 0.2) is 35.9 Å². The molecule has 1 heterocycles. The summed E-state index contributed by atoms with van der Waals surface area (Å²) in [6, 6.07) is 9.28. The molecule has 0 spiro atoms. The third-order valence-electron chi connectivity index (χ3n) is 7.11. The molecule has 4 nitrogen and oxygen atoms in total. The number of aryl methyl sites for hydroxylation is 1.